The summed E-state index contributed by atoms with van der Waals surface area (Å²) in [6, 6.07) is 14.0. The minimum atomic E-state index is -0.259. The highest BCUT2D eigenvalue weighted by Gasteiger charge is 2.01. The van der Waals surface area contributed by atoms with Crippen molar-refractivity contribution < 1.29 is 9.13 Å². The lowest BCUT2D eigenvalue weighted by Gasteiger charge is -2.07. The molecule has 0 atom stereocenters. The highest BCUT2D eigenvalue weighted by molar-refractivity contribution is 6.18. The molecule has 0 saturated carbocycles. The van der Waals surface area contributed by atoms with Crippen molar-refractivity contribution in [3.63, 3.8) is 0 Å². The van der Waals surface area contributed by atoms with Crippen molar-refractivity contribution in [2.75, 3.05) is 5.88 Å². The molecule has 102 valence electrons. The molecule has 0 fully saturated rings. The van der Waals surface area contributed by atoms with E-state index < -0.39 is 0 Å². The molecule has 0 heterocycles. The van der Waals surface area contributed by atoms with E-state index in [-0.39, 0.29) is 12.4 Å². The molecule has 0 N–H and O–H groups in total. The monoisotopic (exact) mass is 288 g/mol. The van der Waals surface area contributed by atoms with E-state index in [1.54, 1.807) is 18.2 Å². The van der Waals surface area contributed by atoms with E-state index in [1.165, 1.54) is 6.07 Å². The van der Waals surface area contributed by atoms with E-state index in [0.29, 0.717) is 23.6 Å². The zero-order chi connectivity index (χ0) is 14.2. The molecule has 2 rings (SSSR count). The van der Waals surface area contributed by atoms with Crippen LogP contribution in [0.5, 0.6) is 5.75 Å². The van der Waals surface area contributed by atoms with Gasteiger partial charge in [0.1, 0.15) is 18.2 Å². The number of rotatable bonds is 4. The third-order valence-electron chi connectivity index (χ3n) is 2.64. The summed E-state index contributed by atoms with van der Waals surface area (Å²) in [6.45, 7) is 0.200. The van der Waals surface area contributed by atoms with Gasteiger partial charge in [-0.1, -0.05) is 36.1 Å². The van der Waals surface area contributed by atoms with E-state index >= 15 is 0 Å². The van der Waals surface area contributed by atoms with Gasteiger partial charge in [0, 0.05) is 23.4 Å². The molecule has 3 heteroatoms. The molecule has 20 heavy (non-hydrogen) atoms. The Morgan fingerprint density at radius 2 is 1.95 bits per heavy atom. The van der Waals surface area contributed by atoms with Crippen LogP contribution >= 0.6 is 11.6 Å². The fourth-order valence-electron chi connectivity index (χ4n) is 1.65. The molecule has 0 spiro atoms. The van der Waals surface area contributed by atoms with Gasteiger partial charge in [-0.25, -0.2) is 4.39 Å². The van der Waals surface area contributed by atoms with Gasteiger partial charge in [-0.3, -0.25) is 0 Å². The Balaban J connectivity index is 2.02. The molecule has 0 saturated heterocycles. The SMILES string of the molecule is Fc1ccccc1COc1cccc(C#CCCCl)c1. The Kier molecular flexibility index (Phi) is 5.46. The summed E-state index contributed by atoms with van der Waals surface area (Å²) in [6.07, 6.45) is 0.655. The second-order valence-corrected chi connectivity index (χ2v) is 4.53. The first-order valence-electron chi connectivity index (χ1n) is 6.30. The number of benzene rings is 2. The van der Waals surface area contributed by atoms with Gasteiger partial charge >= 0.3 is 0 Å². The number of hydrogen-bond acceptors (Lipinski definition) is 1. The maximum atomic E-state index is 13.5. The fourth-order valence-corrected chi connectivity index (χ4v) is 1.75. The molecule has 0 aliphatic carbocycles. The Hall–Kier alpha value is -1.98. The first-order valence-corrected chi connectivity index (χ1v) is 6.84. The molecule has 0 aliphatic rings. The van der Waals surface area contributed by atoms with E-state index in [1.807, 2.05) is 24.3 Å². The van der Waals surface area contributed by atoms with Gasteiger partial charge in [-0.2, -0.15) is 0 Å². The predicted molar refractivity (Wildman–Crippen MR) is 79.4 cm³/mol. The van der Waals surface area contributed by atoms with Crippen LogP contribution in [0.25, 0.3) is 0 Å². The smallest absolute Gasteiger partial charge is 0.129 e. The lowest BCUT2D eigenvalue weighted by Crippen LogP contribution is -1.98. The summed E-state index contributed by atoms with van der Waals surface area (Å²) >= 11 is 5.57. The van der Waals surface area contributed by atoms with E-state index in [2.05, 4.69) is 11.8 Å². The third-order valence-corrected chi connectivity index (χ3v) is 2.83. The van der Waals surface area contributed by atoms with E-state index in [9.17, 15) is 4.39 Å². The van der Waals surface area contributed by atoms with E-state index in [0.717, 1.165) is 5.56 Å². The minimum absolute atomic E-state index is 0.200. The zero-order valence-electron chi connectivity index (χ0n) is 10.9. The molecular weight excluding hydrogens is 275 g/mol. The van der Waals surface area contributed by atoms with Crippen molar-refractivity contribution in [2.24, 2.45) is 0 Å². The Morgan fingerprint density at radius 1 is 1.10 bits per heavy atom. The highest BCUT2D eigenvalue weighted by atomic mass is 35.5. The Morgan fingerprint density at radius 3 is 2.75 bits per heavy atom. The van der Waals surface area contributed by atoms with Gasteiger partial charge in [-0.05, 0) is 24.3 Å². The second kappa shape index (κ2) is 7.57. The number of alkyl halides is 1. The first-order chi connectivity index (χ1) is 9.79. The van der Waals surface area contributed by atoms with Crippen molar-refractivity contribution >= 4 is 11.6 Å². The fraction of sp³-hybridized carbons (Fsp3) is 0.176. The van der Waals surface area contributed by atoms with Crippen LogP contribution in [0.1, 0.15) is 17.5 Å². The molecule has 1 nitrogen and oxygen atoms in total. The van der Waals surface area contributed by atoms with Crippen LogP contribution in [0.3, 0.4) is 0 Å². The molecule has 0 radical (unpaired) electrons. The van der Waals surface area contributed by atoms with Crippen LogP contribution < -0.4 is 4.74 Å². The average molecular weight is 289 g/mol. The van der Waals surface area contributed by atoms with Crippen molar-refractivity contribution in [3.05, 3.63) is 65.5 Å². The van der Waals surface area contributed by atoms with Crippen LogP contribution in [0, 0.1) is 17.7 Å². The zero-order valence-corrected chi connectivity index (χ0v) is 11.7. The summed E-state index contributed by atoms with van der Waals surface area (Å²) in [5.41, 5.74) is 1.40. The lowest BCUT2D eigenvalue weighted by molar-refractivity contribution is 0.300. The maximum absolute atomic E-state index is 13.5. The maximum Gasteiger partial charge on any atom is 0.129 e. The van der Waals surface area contributed by atoms with Crippen LogP contribution in [-0.2, 0) is 6.61 Å². The van der Waals surface area contributed by atoms with Gasteiger partial charge in [0.25, 0.3) is 0 Å². The predicted octanol–water partition coefficient (Wildman–Crippen LogP) is 4.39. The minimum Gasteiger partial charge on any atom is -0.489 e. The standard InChI is InChI=1S/C17H14ClFO/c18-11-4-3-6-14-7-5-9-16(12-14)20-13-15-8-1-2-10-17(15)19/h1-2,5,7-10,12H,4,11,13H2. The summed E-state index contributed by atoms with van der Waals surface area (Å²) in [4.78, 5) is 0. The third kappa shape index (κ3) is 4.29. The largest absolute Gasteiger partial charge is 0.489 e. The van der Waals surface area contributed by atoms with Crippen molar-refractivity contribution in [1.82, 2.24) is 0 Å². The van der Waals surface area contributed by atoms with Crippen LogP contribution in [0.15, 0.2) is 48.5 Å². The van der Waals surface area contributed by atoms with Crippen LogP contribution in [0.4, 0.5) is 4.39 Å². The molecule has 2 aromatic rings. The molecule has 0 bridgehead atoms. The van der Waals surface area contributed by atoms with Crippen molar-refractivity contribution in [3.8, 4) is 17.6 Å². The van der Waals surface area contributed by atoms with Gasteiger partial charge in [0.2, 0.25) is 0 Å². The first kappa shape index (κ1) is 14.4. The topological polar surface area (TPSA) is 9.23 Å². The summed E-state index contributed by atoms with van der Waals surface area (Å²) in [5, 5.41) is 0. The van der Waals surface area contributed by atoms with Crippen molar-refractivity contribution in [1.29, 1.82) is 0 Å². The molecule has 0 amide bonds. The molecule has 2 aromatic carbocycles. The molecular formula is C17H14ClFO. The second-order valence-electron chi connectivity index (χ2n) is 4.15. The normalized spacial score (nSPS) is 9.70. The van der Waals surface area contributed by atoms with Crippen LogP contribution in [-0.4, -0.2) is 5.88 Å². The molecule has 0 aliphatic heterocycles. The van der Waals surface area contributed by atoms with Crippen LogP contribution in [0.2, 0.25) is 0 Å². The van der Waals surface area contributed by atoms with Gasteiger partial charge < -0.3 is 4.74 Å². The summed E-state index contributed by atoms with van der Waals surface area (Å²) in [7, 11) is 0. The van der Waals surface area contributed by atoms with Gasteiger partial charge in [-0.15, -0.1) is 11.6 Å². The quantitative estimate of drug-likeness (QED) is 0.599. The molecule has 0 unspecified atom stereocenters. The summed E-state index contributed by atoms with van der Waals surface area (Å²) < 4.78 is 19.0. The summed E-state index contributed by atoms with van der Waals surface area (Å²) in [5.74, 6) is 6.91. The lowest BCUT2D eigenvalue weighted by atomic mass is 10.2. The number of hydrogen-bond donors (Lipinski definition) is 0. The Bertz CT molecular complexity index is 628. The molecule has 0 aromatic heterocycles. The number of halogens is 2. The number of ether oxygens (including phenoxy) is 1. The van der Waals surface area contributed by atoms with Gasteiger partial charge in [0.05, 0.1) is 0 Å². The van der Waals surface area contributed by atoms with E-state index in [4.69, 9.17) is 16.3 Å². The van der Waals surface area contributed by atoms with Gasteiger partial charge in [0.15, 0.2) is 0 Å². The van der Waals surface area contributed by atoms with Crippen molar-refractivity contribution in [2.45, 2.75) is 13.0 Å². The average Bonchev–Trinajstić information content (AvgIpc) is 2.47. The highest BCUT2D eigenvalue weighted by Crippen LogP contribution is 2.16. The Labute approximate surface area is 123 Å².